The molecule has 4 aromatic rings. The Hall–Kier alpha value is -2.12. The largest absolute Gasteiger partial charge is 0.376 e. The monoisotopic (exact) mass is 956 g/mol. The van der Waals surface area contributed by atoms with E-state index in [0.29, 0.717) is 21.6 Å². The standard InChI is InChI=1S/C34H38O13S6.C2H6S2.CH4/c35-50(36,31-13-5-1-6-14-31)27-44-23-29(46-25-48-52(39,40)33-17-9-3-10-18-33)21-43-22-30(24-45-28-51(37,38)32-15-7-2-8-16-32)47-26-49-53(41,42)34-19-11-4-12-20-34;1-3-4-2;/h1-20,29-30H,21-28H2;1-2H3;1H4. The van der Waals surface area contributed by atoms with E-state index < -0.39 is 61.5 Å². The number of hydrogen-bond donors (Lipinski definition) is 0. The van der Waals surface area contributed by atoms with Gasteiger partial charge in [0.05, 0.1) is 46.0 Å². The maximum atomic E-state index is 12.8. The number of sulfone groups is 2. The molecule has 0 aromatic heterocycles. The number of rotatable bonds is 25. The molecule has 0 spiro atoms. The first-order valence-electron chi connectivity index (χ1n) is 16.7. The Bertz CT molecular complexity index is 1860. The Morgan fingerprint density at radius 1 is 0.431 bits per heavy atom. The van der Waals surface area contributed by atoms with E-state index in [4.69, 9.17) is 23.7 Å². The molecule has 0 bridgehead atoms. The summed E-state index contributed by atoms with van der Waals surface area (Å²) in [7, 11) is -10.6. The van der Waals surface area contributed by atoms with Crippen molar-refractivity contribution >= 4 is 80.6 Å². The fourth-order valence-corrected chi connectivity index (χ4v) is 10.9. The summed E-state index contributed by atoms with van der Waals surface area (Å²) in [6.45, 7) is -1.09. The lowest BCUT2D eigenvalue weighted by molar-refractivity contribution is -0.0761. The minimum atomic E-state index is -3.81. The molecule has 4 rings (SSSR count). The van der Waals surface area contributed by atoms with Gasteiger partial charge >= 0.3 is 0 Å². The molecule has 0 radical (unpaired) electrons. The quantitative estimate of drug-likeness (QED) is 0.0484. The van der Waals surface area contributed by atoms with Crippen LogP contribution in [0.15, 0.2) is 141 Å². The van der Waals surface area contributed by atoms with Crippen molar-refractivity contribution in [2.75, 3.05) is 62.7 Å². The van der Waals surface area contributed by atoms with Gasteiger partial charge in [-0.2, -0.15) is 0 Å². The predicted molar refractivity (Wildman–Crippen MR) is 235 cm³/mol. The topological polar surface area (TPSA) is 183 Å². The summed E-state index contributed by atoms with van der Waals surface area (Å²) >= 11 is 0. The molecule has 4 aromatic carbocycles. The molecule has 0 saturated carbocycles. The summed E-state index contributed by atoms with van der Waals surface area (Å²) in [5.74, 6) is -2.08. The highest BCUT2D eigenvalue weighted by Crippen LogP contribution is 2.25. The minimum absolute atomic E-state index is 0. The highest BCUT2D eigenvalue weighted by atomic mass is 33.1. The van der Waals surface area contributed by atoms with Crippen LogP contribution in [0.4, 0.5) is 0 Å². The maximum Gasteiger partial charge on any atom is 0.232 e. The van der Waals surface area contributed by atoms with Crippen LogP contribution in [0.25, 0.3) is 0 Å². The van der Waals surface area contributed by atoms with E-state index in [1.165, 1.54) is 48.5 Å². The van der Waals surface area contributed by atoms with Crippen molar-refractivity contribution in [2.24, 2.45) is 0 Å². The fourth-order valence-electron chi connectivity index (χ4n) is 4.27. The predicted octanol–water partition coefficient (Wildman–Crippen LogP) is 7.09. The zero-order valence-electron chi connectivity index (χ0n) is 30.9. The van der Waals surface area contributed by atoms with E-state index in [-0.39, 0.29) is 65.3 Å². The molecule has 2 unspecified atom stereocenters. The molecule has 0 N–H and O–H groups in total. The molecule has 0 aliphatic rings. The Kier molecular flexibility index (Phi) is 24.2. The average molecular weight is 957 g/mol. The zero-order valence-corrected chi connectivity index (χ0v) is 37.5. The second kappa shape index (κ2) is 27.0. The van der Waals surface area contributed by atoms with Gasteiger partial charge in [0, 0.05) is 21.6 Å². The van der Waals surface area contributed by atoms with Crippen LogP contribution in [0.5, 0.6) is 0 Å². The lowest BCUT2D eigenvalue weighted by Gasteiger charge is -2.21. The van der Waals surface area contributed by atoms with Crippen LogP contribution in [0.2, 0.25) is 0 Å². The van der Waals surface area contributed by atoms with Crippen LogP contribution in [0, 0.1) is 0 Å². The van der Waals surface area contributed by atoms with E-state index in [0.717, 1.165) is 0 Å². The van der Waals surface area contributed by atoms with Gasteiger partial charge < -0.3 is 23.7 Å². The molecular weight excluding hydrogens is 909 g/mol. The van der Waals surface area contributed by atoms with Crippen LogP contribution < -0.4 is 0 Å². The van der Waals surface area contributed by atoms with Crippen molar-refractivity contribution in [3.8, 4) is 0 Å². The summed E-state index contributed by atoms with van der Waals surface area (Å²) in [6.07, 6.45) is 2.19. The molecule has 58 heavy (non-hydrogen) atoms. The van der Waals surface area contributed by atoms with Gasteiger partial charge in [-0.1, -0.05) is 102 Å². The van der Waals surface area contributed by atoms with E-state index in [9.17, 15) is 33.7 Å². The first kappa shape index (κ1) is 52.0. The lowest BCUT2D eigenvalue weighted by Crippen LogP contribution is -2.32. The Labute approximate surface area is 358 Å². The normalized spacial score (nSPS) is 13.1. The summed E-state index contributed by atoms with van der Waals surface area (Å²) in [6, 6.07) is 30.8. The zero-order chi connectivity index (χ0) is 41.6. The molecule has 0 amide bonds. The van der Waals surface area contributed by atoms with Crippen LogP contribution in [-0.4, -0.2) is 109 Å². The third-order valence-corrected chi connectivity index (χ3v) is 17.8. The molecule has 0 aliphatic heterocycles. The smallest absolute Gasteiger partial charge is 0.232 e. The van der Waals surface area contributed by atoms with Gasteiger partial charge in [0.2, 0.25) is 37.4 Å². The summed E-state index contributed by atoms with van der Waals surface area (Å²) in [5.41, 5.74) is 0. The van der Waals surface area contributed by atoms with Gasteiger partial charge in [-0.05, 0) is 61.0 Å². The average Bonchev–Trinajstić information content (AvgIpc) is 3.21. The molecule has 0 heterocycles. The van der Waals surface area contributed by atoms with Gasteiger partial charge in [0.15, 0.2) is 11.9 Å². The van der Waals surface area contributed by atoms with Crippen molar-refractivity contribution in [3.63, 3.8) is 0 Å². The Morgan fingerprint density at radius 3 is 1.00 bits per heavy atom. The highest BCUT2D eigenvalue weighted by Gasteiger charge is 2.23. The second-order valence-electron chi connectivity index (χ2n) is 11.3. The van der Waals surface area contributed by atoms with Gasteiger partial charge in [-0.25, -0.2) is 33.7 Å². The van der Waals surface area contributed by atoms with Gasteiger partial charge in [0.1, 0.15) is 24.1 Å². The first-order chi connectivity index (χ1) is 27.2. The fraction of sp³-hybridized carbons (Fsp3) is 0.351. The third-order valence-electron chi connectivity index (χ3n) is 7.14. The van der Waals surface area contributed by atoms with Gasteiger partial charge in [0.25, 0.3) is 0 Å². The molecule has 0 aliphatic carbocycles. The highest BCUT2D eigenvalue weighted by molar-refractivity contribution is 8.76. The maximum absolute atomic E-state index is 12.8. The molecule has 21 heteroatoms. The number of benzene rings is 4. The minimum Gasteiger partial charge on any atom is -0.376 e. The van der Waals surface area contributed by atoms with E-state index >= 15 is 0 Å². The Morgan fingerprint density at radius 2 is 0.707 bits per heavy atom. The van der Waals surface area contributed by atoms with Crippen molar-refractivity contribution in [1.82, 2.24) is 0 Å². The van der Waals surface area contributed by atoms with Crippen molar-refractivity contribution in [3.05, 3.63) is 121 Å². The molecule has 13 nitrogen and oxygen atoms in total. The van der Waals surface area contributed by atoms with Crippen LogP contribution >= 0.6 is 43.2 Å². The van der Waals surface area contributed by atoms with Crippen LogP contribution in [0.1, 0.15) is 7.43 Å². The van der Waals surface area contributed by atoms with Crippen molar-refractivity contribution in [2.45, 2.75) is 39.2 Å². The van der Waals surface area contributed by atoms with Crippen molar-refractivity contribution in [1.29, 1.82) is 0 Å². The lowest BCUT2D eigenvalue weighted by atomic mass is 10.4. The van der Waals surface area contributed by atoms with E-state index in [1.807, 2.05) is 0 Å². The molecule has 2 atom stereocenters. The van der Waals surface area contributed by atoms with Gasteiger partial charge in [-0.15, -0.1) is 0 Å². The first-order valence-corrected chi connectivity index (χ1v) is 28.9. The van der Waals surface area contributed by atoms with Crippen LogP contribution in [0.3, 0.4) is 0 Å². The van der Waals surface area contributed by atoms with Crippen molar-refractivity contribution < 1.29 is 57.4 Å². The summed E-state index contributed by atoms with van der Waals surface area (Å²) in [5, 5.41) is 0. The number of ether oxygens (including phenoxy) is 5. The van der Waals surface area contributed by atoms with Crippen LogP contribution in [-0.2, 0) is 61.1 Å². The third kappa shape index (κ3) is 19.1. The number of hydrogen-bond acceptors (Lipinski definition) is 17. The summed E-state index contributed by atoms with van der Waals surface area (Å²) in [4.78, 5) is 0.264. The second-order valence-corrected chi connectivity index (χ2v) is 25.6. The molecule has 0 saturated heterocycles. The molecule has 0 fully saturated rings. The molecule has 322 valence electrons. The van der Waals surface area contributed by atoms with E-state index in [1.54, 1.807) is 94.4 Å². The van der Waals surface area contributed by atoms with E-state index in [2.05, 4.69) is 12.5 Å². The SMILES string of the molecule is C.CSSC.O=S(=O)(COCC(COCC(COCS(=O)(=O)c1ccccc1)OCSS(=O)(=O)c1ccccc1)OCSS(=O)(=O)c1ccccc1)c1ccccc1. The van der Waals surface area contributed by atoms with Gasteiger partial charge in [-0.3, -0.25) is 0 Å². The molecular formula is C37H48O13S8. The summed E-state index contributed by atoms with van der Waals surface area (Å²) < 4.78 is 130. The Balaban J connectivity index is 0.00000221.